The minimum absolute atomic E-state index is 0.0419. The van der Waals surface area contributed by atoms with Gasteiger partial charge in [0.05, 0.1) is 6.54 Å². The van der Waals surface area contributed by atoms with E-state index in [1.165, 1.54) is 4.90 Å². The molecule has 1 heterocycles. The number of nitrogens with zero attached hydrogens (tertiary/aromatic N) is 3. The zero-order chi connectivity index (χ0) is 12.3. The molecule has 1 aromatic heterocycles. The van der Waals surface area contributed by atoms with Crippen molar-refractivity contribution >= 4 is 29.1 Å². The molecule has 0 spiro atoms. The number of nitrogens with two attached hydrogens (primary N) is 2. The fourth-order valence-corrected chi connectivity index (χ4v) is 1.26. The summed E-state index contributed by atoms with van der Waals surface area (Å²) in [6, 6.07) is 1.68. The molecule has 0 bridgehead atoms. The standard InChI is InChI=1S/C9H13N5OS/c1-5-3-6(8(11)16)13-9(12-5)14(2)4-7(10)15/h3H,4H2,1-2H3,(H2,10,15)(H2,11,16). The van der Waals surface area contributed by atoms with Crippen LogP contribution in [0.4, 0.5) is 5.95 Å². The number of thiocarbonyl (C=S) groups is 1. The number of aryl methyl sites for hydroxylation is 1. The molecular formula is C9H13N5OS. The first-order chi connectivity index (χ1) is 7.40. The second-order valence-electron chi connectivity index (χ2n) is 3.38. The quantitative estimate of drug-likeness (QED) is 0.677. The number of rotatable bonds is 4. The van der Waals surface area contributed by atoms with Crippen LogP contribution < -0.4 is 16.4 Å². The molecule has 0 fully saturated rings. The van der Waals surface area contributed by atoms with E-state index in [4.69, 9.17) is 23.7 Å². The second kappa shape index (κ2) is 4.84. The molecule has 1 rings (SSSR count). The van der Waals surface area contributed by atoms with Gasteiger partial charge in [0, 0.05) is 12.7 Å². The molecule has 4 N–H and O–H groups in total. The van der Waals surface area contributed by atoms with Gasteiger partial charge in [0.1, 0.15) is 10.7 Å². The minimum atomic E-state index is -0.454. The van der Waals surface area contributed by atoms with Gasteiger partial charge in [-0.15, -0.1) is 0 Å². The fourth-order valence-electron chi connectivity index (χ4n) is 1.15. The molecule has 0 aliphatic carbocycles. The van der Waals surface area contributed by atoms with E-state index in [-0.39, 0.29) is 11.5 Å². The Balaban J connectivity index is 3.04. The zero-order valence-electron chi connectivity index (χ0n) is 9.10. The molecule has 0 aliphatic heterocycles. The molecule has 16 heavy (non-hydrogen) atoms. The van der Waals surface area contributed by atoms with Crippen LogP contribution in [0.25, 0.3) is 0 Å². The third-order valence-corrected chi connectivity index (χ3v) is 2.04. The molecule has 0 aliphatic rings. The van der Waals surface area contributed by atoms with Crippen molar-refractivity contribution in [1.29, 1.82) is 0 Å². The summed E-state index contributed by atoms with van der Waals surface area (Å²) >= 11 is 4.83. The Morgan fingerprint density at radius 3 is 2.62 bits per heavy atom. The fraction of sp³-hybridized carbons (Fsp3) is 0.333. The van der Waals surface area contributed by atoms with Crippen LogP contribution in [0, 0.1) is 6.92 Å². The maximum atomic E-state index is 10.8. The number of likely N-dealkylation sites (N-methyl/N-ethyl adjacent to an activating group) is 1. The highest BCUT2D eigenvalue weighted by Gasteiger charge is 2.10. The Morgan fingerprint density at radius 1 is 1.50 bits per heavy atom. The number of anilines is 1. The molecule has 7 heteroatoms. The summed E-state index contributed by atoms with van der Waals surface area (Å²) in [6.45, 7) is 1.84. The lowest BCUT2D eigenvalue weighted by Gasteiger charge is -2.15. The number of hydrogen-bond donors (Lipinski definition) is 2. The van der Waals surface area contributed by atoms with E-state index in [1.807, 2.05) is 0 Å². The van der Waals surface area contributed by atoms with Gasteiger partial charge in [-0.05, 0) is 13.0 Å². The van der Waals surface area contributed by atoms with E-state index >= 15 is 0 Å². The maximum absolute atomic E-state index is 10.8. The molecular weight excluding hydrogens is 226 g/mol. The van der Waals surface area contributed by atoms with Crippen LogP contribution in [0.15, 0.2) is 6.07 Å². The molecule has 86 valence electrons. The Kier molecular flexibility index (Phi) is 3.73. The summed E-state index contributed by atoms with van der Waals surface area (Å²) in [6.07, 6.45) is 0. The molecule has 1 aromatic rings. The van der Waals surface area contributed by atoms with Gasteiger partial charge in [-0.25, -0.2) is 9.97 Å². The lowest BCUT2D eigenvalue weighted by molar-refractivity contribution is -0.116. The first-order valence-electron chi connectivity index (χ1n) is 4.55. The molecule has 0 saturated carbocycles. The highest BCUT2D eigenvalue weighted by Crippen LogP contribution is 2.08. The largest absolute Gasteiger partial charge is 0.388 e. The summed E-state index contributed by atoms with van der Waals surface area (Å²) in [5.41, 5.74) is 11.8. The highest BCUT2D eigenvalue weighted by atomic mass is 32.1. The molecule has 0 aromatic carbocycles. The lowest BCUT2D eigenvalue weighted by atomic mass is 10.3. The van der Waals surface area contributed by atoms with E-state index in [0.717, 1.165) is 5.69 Å². The number of hydrogen-bond acceptors (Lipinski definition) is 5. The van der Waals surface area contributed by atoms with Gasteiger partial charge in [0.15, 0.2) is 0 Å². The van der Waals surface area contributed by atoms with Crippen LogP contribution in [0.1, 0.15) is 11.4 Å². The van der Waals surface area contributed by atoms with Gasteiger partial charge >= 0.3 is 0 Å². The van der Waals surface area contributed by atoms with Crippen LogP contribution >= 0.6 is 12.2 Å². The van der Waals surface area contributed by atoms with E-state index < -0.39 is 5.91 Å². The molecule has 1 amide bonds. The van der Waals surface area contributed by atoms with Crippen molar-refractivity contribution < 1.29 is 4.79 Å². The van der Waals surface area contributed by atoms with E-state index in [0.29, 0.717) is 11.6 Å². The monoisotopic (exact) mass is 239 g/mol. The first kappa shape index (κ1) is 12.3. The van der Waals surface area contributed by atoms with Crippen molar-refractivity contribution in [3.8, 4) is 0 Å². The summed E-state index contributed by atoms with van der Waals surface area (Å²) in [4.78, 5) is 20.8. The minimum Gasteiger partial charge on any atom is -0.388 e. The van der Waals surface area contributed by atoms with E-state index in [9.17, 15) is 4.79 Å². The molecule has 0 unspecified atom stereocenters. The van der Waals surface area contributed by atoms with E-state index in [2.05, 4.69) is 9.97 Å². The first-order valence-corrected chi connectivity index (χ1v) is 4.96. The van der Waals surface area contributed by atoms with Crippen molar-refractivity contribution in [3.05, 3.63) is 17.5 Å². The number of primary amides is 1. The molecule has 0 saturated heterocycles. The van der Waals surface area contributed by atoms with Crippen LogP contribution in [0.5, 0.6) is 0 Å². The summed E-state index contributed by atoms with van der Waals surface area (Å²) in [5, 5.41) is 0. The third-order valence-electron chi connectivity index (χ3n) is 1.83. The Hall–Kier alpha value is -1.76. The predicted octanol–water partition coefficient (Wildman–Crippen LogP) is -0.659. The van der Waals surface area contributed by atoms with Gasteiger partial charge in [-0.2, -0.15) is 0 Å². The zero-order valence-corrected chi connectivity index (χ0v) is 9.91. The number of carbonyl (C=O) groups is 1. The normalized spacial score (nSPS) is 9.88. The van der Waals surface area contributed by atoms with Crippen molar-refractivity contribution in [2.45, 2.75) is 6.92 Å². The second-order valence-corrected chi connectivity index (χ2v) is 3.82. The van der Waals surface area contributed by atoms with Crippen molar-refractivity contribution in [3.63, 3.8) is 0 Å². The van der Waals surface area contributed by atoms with Gasteiger partial charge < -0.3 is 16.4 Å². The lowest BCUT2D eigenvalue weighted by Crippen LogP contribution is -2.32. The summed E-state index contributed by atoms with van der Waals surface area (Å²) in [5.74, 6) is -0.0777. The van der Waals surface area contributed by atoms with Crippen LogP contribution in [-0.4, -0.2) is 34.5 Å². The molecule has 0 radical (unpaired) electrons. The predicted molar refractivity (Wildman–Crippen MR) is 65.1 cm³/mol. The Morgan fingerprint density at radius 2 is 2.12 bits per heavy atom. The van der Waals surface area contributed by atoms with Gasteiger partial charge in [-0.3, -0.25) is 4.79 Å². The van der Waals surface area contributed by atoms with Gasteiger partial charge in [0.25, 0.3) is 0 Å². The maximum Gasteiger partial charge on any atom is 0.237 e. The van der Waals surface area contributed by atoms with Crippen LogP contribution in [0.3, 0.4) is 0 Å². The number of carbonyl (C=O) groups excluding carboxylic acids is 1. The van der Waals surface area contributed by atoms with Crippen molar-refractivity contribution in [2.75, 3.05) is 18.5 Å². The van der Waals surface area contributed by atoms with Crippen LogP contribution in [0.2, 0.25) is 0 Å². The van der Waals surface area contributed by atoms with Gasteiger partial charge in [-0.1, -0.05) is 12.2 Å². The molecule has 6 nitrogen and oxygen atoms in total. The van der Waals surface area contributed by atoms with Gasteiger partial charge in [0.2, 0.25) is 11.9 Å². The highest BCUT2D eigenvalue weighted by molar-refractivity contribution is 7.80. The van der Waals surface area contributed by atoms with Crippen LogP contribution in [-0.2, 0) is 4.79 Å². The smallest absolute Gasteiger partial charge is 0.237 e. The molecule has 0 atom stereocenters. The van der Waals surface area contributed by atoms with Crippen molar-refractivity contribution in [1.82, 2.24) is 9.97 Å². The average Bonchev–Trinajstić information content (AvgIpc) is 2.15. The Labute approximate surface area is 98.7 Å². The summed E-state index contributed by atoms with van der Waals surface area (Å²) in [7, 11) is 1.67. The Bertz CT molecular complexity index is 434. The summed E-state index contributed by atoms with van der Waals surface area (Å²) < 4.78 is 0. The number of amides is 1. The van der Waals surface area contributed by atoms with Crippen molar-refractivity contribution in [2.24, 2.45) is 11.5 Å². The number of aromatic nitrogens is 2. The topological polar surface area (TPSA) is 98.1 Å². The van der Waals surface area contributed by atoms with E-state index in [1.54, 1.807) is 20.0 Å². The SMILES string of the molecule is Cc1cc(C(N)=S)nc(N(C)CC(N)=O)n1. The third kappa shape index (κ3) is 3.13. The average molecular weight is 239 g/mol.